The normalized spacial score (nSPS) is 24.2. The highest BCUT2D eigenvalue weighted by molar-refractivity contribution is 7.99. The zero-order valence-electron chi connectivity index (χ0n) is 10.0. The lowest BCUT2D eigenvalue weighted by molar-refractivity contribution is -0.157. The standard InChI is InChI=1S/C11H19NO3S/c1-11(2)5-4-6-12(8(13)7-16-3)9(11)10(14)15/h9H,4-7H2,1-3H3,(H,14,15). The summed E-state index contributed by atoms with van der Waals surface area (Å²) in [4.78, 5) is 24.7. The van der Waals surface area contributed by atoms with E-state index in [4.69, 9.17) is 0 Å². The molecule has 1 atom stereocenters. The number of nitrogens with zero attached hydrogens (tertiary/aromatic N) is 1. The zero-order valence-corrected chi connectivity index (χ0v) is 10.8. The SMILES string of the molecule is CSCC(=O)N1CCCC(C)(C)C1C(=O)O. The molecule has 0 radical (unpaired) electrons. The van der Waals surface area contributed by atoms with Crippen LogP contribution in [0.4, 0.5) is 0 Å². The van der Waals surface area contributed by atoms with Gasteiger partial charge in [0.1, 0.15) is 6.04 Å². The van der Waals surface area contributed by atoms with Gasteiger partial charge in [-0.25, -0.2) is 4.79 Å². The van der Waals surface area contributed by atoms with Crippen molar-refractivity contribution < 1.29 is 14.7 Å². The Kier molecular flexibility index (Phi) is 4.24. The van der Waals surface area contributed by atoms with Crippen molar-refractivity contribution >= 4 is 23.6 Å². The van der Waals surface area contributed by atoms with Gasteiger partial charge in [-0.05, 0) is 24.5 Å². The van der Waals surface area contributed by atoms with Crippen LogP contribution in [0.25, 0.3) is 0 Å². The van der Waals surface area contributed by atoms with E-state index in [9.17, 15) is 14.7 Å². The number of carboxylic acids is 1. The van der Waals surface area contributed by atoms with Crippen molar-refractivity contribution in [3.8, 4) is 0 Å². The number of hydrogen-bond acceptors (Lipinski definition) is 3. The van der Waals surface area contributed by atoms with Gasteiger partial charge in [-0.2, -0.15) is 11.8 Å². The van der Waals surface area contributed by atoms with E-state index in [0.29, 0.717) is 12.3 Å². The average Bonchev–Trinajstić information content (AvgIpc) is 2.15. The van der Waals surface area contributed by atoms with Crippen LogP contribution in [0, 0.1) is 5.41 Å². The van der Waals surface area contributed by atoms with E-state index in [0.717, 1.165) is 12.8 Å². The number of carbonyl (C=O) groups excluding carboxylic acids is 1. The molecule has 1 rings (SSSR count). The number of rotatable bonds is 3. The van der Waals surface area contributed by atoms with Gasteiger partial charge < -0.3 is 10.0 Å². The fraction of sp³-hybridized carbons (Fsp3) is 0.818. The Hall–Kier alpha value is -0.710. The largest absolute Gasteiger partial charge is 0.480 e. The smallest absolute Gasteiger partial charge is 0.326 e. The maximum absolute atomic E-state index is 11.8. The first kappa shape index (κ1) is 13.4. The molecule has 4 nitrogen and oxygen atoms in total. The molecule has 0 aromatic heterocycles. The van der Waals surface area contributed by atoms with E-state index in [1.54, 1.807) is 0 Å². The third-order valence-electron chi connectivity index (χ3n) is 3.09. The molecule has 92 valence electrons. The van der Waals surface area contributed by atoms with Crippen molar-refractivity contribution in [2.24, 2.45) is 5.41 Å². The summed E-state index contributed by atoms with van der Waals surface area (Å²) in [5.41, 5.74) is -0.335. The summed E-state index contributed by atoms with van der Waals surface area (Å²) in [5, 5.41) is 9.26. The topological polar surface area (TPSA) is 57.6 Å². The van der Waals surface area contributed by atoms with Crippen molar-refractivity contribution in [1.82, 2.24) is 4.90 Å². The van der Waals surface area contributed by atoms with Gasteiger partial charge in [0.2, 0.25) is 5.91 Å². The van der Waals surface area contributed by atoms with Gasteiger partial charge in [-0.3, -0.25) is 4.79 Å². The van der Waals surface area contributed by atoms with Crippen molar-refractivity contribution in [3.63, 3.8) is 0 Å². The van der Waals surface area contributed by atoms with Crippen LogP contribution >= 0.6 is 11.8 Å². The number of likely N-dealkylation sites (tertiary alicyclic amines) is 1. The molecule has 0 bridgehead atoms. The number of amides is 1. The van der Waals surface area contributed by atoms with Gasteiger partial charge in [-0.15, -0.1) is 0 Å². The Morgan fingerprint density at radius 3 is 2.62 bits per heavy atom. The first-order valence-electron chi connectivity index (χ1n) is 5.41. The zero-order chi connectivity index (χ0) is 12.3. The van der Waals surface area contributed by atoms with Gasteiger partial charge in [-0.1, -0.05) is 13.8 Å². The van der Waals surface area contributed by atoms with E-state index in [1.165, 1.54) is 16.7 Å². The fourth-order valence-corrected chi connectivity index (χ4v) is 2.75. The lowest BCUT2D eigenvalue weighted by Gasteiger charge is -2.43. The Bertz CT molecular complexity index is 291. The summed E-state index contributed by atoms with van der Waals surface area (Å²) < 4.78 is 0. The Balaban J connectivity index is 2.89. The van der Waals surface area contributed by atoms with Crippen LogP contribution in [0.3, 0.4) is 0 Å². The average molecular weight is 245 g/mol. The first-order chi connectivity index (χ1) is 7.40. The molecule has 1 aliphatic heterocycles. The first-order valence-corrected chi connectivity index (χ1v) is 6.81. The highest BCUT2D eigenvalue weighted by atomic mass is 32.2. The second kappa shape index (κ2) is 5.08. The van der Waals surface area contributed by atoms with Crippen molar-refractivity contribution in [2.75, 3.05) is 18.6 Å². The number of thioether (sulfide) groups is 1. The third-order valence-corrected chi connectivity index (χ3v) is 3.63. The Morgan fingerprint density at radius 1 is 1.50 bits per heavy atom. The van der Waals surface area contributed by atoms with Crippen LogP contribution in [0.15, 0.2) is 0 Å². The Morgan fingerprint density at radius 2 is 2.12 bits per heavy atom. The van der Waals surface area contributed by atoms with Crippen molar-refractivity contribution in [1.29, 1.82) is 0 Å². The molecule has 5 heteroatoms. The maximum Gasteiger partial charge on any atom is 0.326 e. The lowest BCUT2D eigenvalue weighted by atomic mass is 9.76. The lowest BCUT2D eigenvalue weighted by Crippen LogP contribution is -2.56. The van der Waals surface area contributed by atoms with E-state index < -0.39 is 12.0 Å². The molecule has 1 fully saturated rings. The summed E-state index contributed by atoms with van der Waals surface area (Å²) in [5.74, 6) is -0.591. The van der Waals surface area contributed by atoms with Gasteiger partial charge in [0.15, 0.2) is 0 Å². The van der Waals surface area contributed by atoms with Crippen LogP contribution in [0.2, 0.25) is 0 Å². The third kappa shape index (κ3) is 2.70. The molecule has 1 amide bonds. The predicted molar refractivity (Wildman–Crippen MR) is 64.5 cm³/mol. The van der Waals surface area contributed by atoms with E-state index in [1.807, 2.05) is 20.1 Å². The van der Waals surface area contributed by atoms with Crippen LogP contribution in [-0.2, 0) is 9.59 Å². The molecule has 0 aromatic rings. The molecular formula is C11H19NO3S. The molecule has 0 spiro atoms. The molecular weight excluding hydrogens is 226 g/mol. The van der Waals surface area contributed by atoms with Gasteiger partial charge in [0.25, 0.3) is 0 Å². The number of hydrogen-bond donors (Lipinski definition) is 1. The van der Waals surface area contributed by atoms with E-state index in [2.05, 4.69) is 0 Å². The van der Waals surface area contributed by atoms with E-state index in [-0.39, 0.29) is 11.3 Å². The van der Waals surface area contributed by atoms with Crippen LogP contribution in [-0.4, -0.2) is 46.5 Å². The summed E-state index contributed by atoms with van der Waals surface area (Å²) in [6.45, 7) is 4.41. The molecule has 16 heavy (non-hydrogen) atoms. The highest BCUT2D eigenvalue weighted by Gasteiger charge is 2.44. The monoisotopic (exact) mass is 245 g/mol. The fourth-order valence-electron chi connectivity index (χ4n) is 2.34. The van der Waals surface area contributed by atoms with Gasteiger partial charge in [0, 0.05) is 6.54 Å². The molecule has 0 saturated carbocycles. The molecule has 1 heterocycles. The van der Waals surface area contributed by atoms with Crippen LogP contribution in [0.5, 0.6) is 0 Å². The minimum Gasteiger partial charge on any atom is -0.480 e. The second-order valence-electron chi connectivity index (χ2n) is 4.85. The summed E-state index contributed by atoms with van der Waals surface area (Å²) in [7, 11) is 0. The minimum atomic E-state index is -0.890. The van der Waals surface area contributed by atoms with Gasteiger partial charge >= 0.3 is 5.97 Å². The number of carboxylic acid groups (broad SMARTS) is 1. The number of aliphatic carboxylic acids is 1. The molecule has 1 aliphatic rings. The van der Waals surface area contributed by atoms with Gasteiger partial charge in [0.05, 0.1) is 5.75 Å². The summed E-state index contributed by atoms with van der Waals surface area (Å²) >= 11 is 1.43. The molecule has 0 aromatic carbocycles. The quantitative estimate of drug-likeness (QED) is 0.817. The van der Waals surface area contributed by atoms with Crippen molar-refractivity contribution in [2.45, 2.75) is 32.7 Å². The Labute approximate surface area is 100 Å². The molecule has 1 saturated heterocycles. The predicted octanol–water partition coefficient (Wildman–Crippen LogP) is 1.45. The highest BCUT2D eigenvalue weighted by Crippen LogP contribution is 2.35. The van der Waals surface area contributed by atoms with Crippen LogP contribution < -0.4 is 0 Å². The second-order valence-corrected chi connectivity index (χ2v) is 5.72. The maximum atomic E-state index is 11.8. The van der Waals surface area contributed by atoms with Crippen molar-refractivity contribution in [3.05, 3.63) is 0 Å². The van der Waals surface area contributed by atoms with E-state index >= 15 is 0 Å². The summed E-state index contributed by atoms with van der Waals surface area (Å²) in [6.07, 6.45) is 3.59. The molecule has 0 aliphatic carbocycles. The molecule has 1 N–H and O–H groups in total. The number of piperidine rings is 1. The minimum absolute atomic E-state index is 0.0623. The molecule has 1 unspecified atom stereocenters. The number of carbonyl (C=O) groups is 2. The van der Waals surface area contributed by atoms with Crippen LogP contribution in [0.1, 0.15) is 26.7 Å². The summed E-state index contributed by atoms with van der Waals surface area (Å²) in [6, 6.07) is -0.680.